The van der Waals surface area contributed by atoms with E-state index in [-0.39, 0.29) is 11.9 Å². The summed E-state index contributed by atoms with van der Waals surface area (Å²) in [5, 5.41) is 3.74. The van der Waals surface area contributed by atoms with E-state index >= 15 is 0 Å². The second kappa shape index (κ2) is 4.78. The molecule has 1 aromatic heterocycles. The van der Waals surface area contributed by atoms with Crippen molar-refractivity contribution < 1.29 is 4.39 Å². The second-order valence-electron chi connectivity index (χ2n) is 4.77. The molecule has 0 unspecified atom stereocenters. The monoisotopic (exact) mass is 277 g/mol. The first-order valence-electron chi connectivity index (χ1n) is 6.15. The third kappa shape index (κ3) is 2.84. The number of aromatic nitrogens is 2. The van der Waals surface area contributed by atoms with Gasteiger partial charge in [-0.15, -0.1) is 0 Å². The highest BCUT2D eigenvalue weighted by atomic mass is 35.5. The van der Waals surface area contributed by atoms with Gasteiger partial charge in [0.25, 0.3) is 0 Å². The highest BCUT2D eigenvalue weighted by Crippen LogP contribution is 2.42. The maximum absolute atomic E-state index is 13.2. The summed E-state index contributed by atoms with van der Waals surface area (Å²) >= 11 is 5.89. The summed E-state index contributed by atoms with van der Waals surface area (Å²) in [6, 6.07) is 8.73. The molecule has 1 fully saturated rings. The molecule has 1 N–H and O–H groups in total. The van der Waals surface area contributed by atoms with Crippen LogP contribution in [0.15, 0.2) is 30.3 Å². The van der Waals surface area contributed by atoms with E-state index in [4.69, 9.17) is 11.6 Å². The van der Waals surface area contributed by atoms with Gasteiger partial charge in [-0.05, 0) is 31.0 Å². The third-order valence-corrected chi connectivity index (χ3v) is 3.40. The van der Waals surface area contributed by atoms with Crippen molar-refractivity contribution >= 4 is 17.4 Å². The summed E-state index contributed by atoms with van der Waals surface area (Å²) < 4.78 is 13.2. The van der Waals surface area contributed by atoms with Crippen molar-refractivity contribution in [3.8, 4) is 0 Å². The van der Waals surface area contributed by atoms with Gasteiger partial charge in [0.05, 0.1) is 0 Å². The van der Waals surface area contributed by atoms with Gasteiger partial charge < -0.3 is 5.32 Å². The fourth-order valence-electron chi connectivity index (χ4n) is 2.26. The van der Waals surface area contributed by atoms with Gasteiger partial charge in [-0.2, -0.15) is 0 Å². The molecular formula is C14H13ClFN3. The number of aryl methyl sites for hydroxylation is 1. The number of benzene rings is 1. The Bertz CT molecular complexity index is 597. The van der Waals surface area contributed by atoms with E-state index in [0.717, 1.165) is 17.8 Å². The summed E-state index contributed by atoms with van der Waals surface area (Å²) in [5.41, 5.74) is 1.02. The third-order valence-electron chi connectivity index (χ3n) is 3.21. The fraction of sp³-hybridized carbons (Fsp3) is 0.286. The number of halogens is 2. The summed E-state index contributed by atoms with van der Waals surface area (Å²) in [7, 11) is 0. The van der Waals surface area contributed by atoms with Crippen molar-refractivity contribution in [2.24, 2.45) is 0 Å². The molecule has 0 aliphatic heterocycles. The zero-order valence-corrected chi connectivity index (χ0v) is 11.2. The van der Waals surface area contributed by atoms with Crippen molar-refractivity contribution in [3.05, 3.63) is 52.7 Å². The summed E-state index contributed by atoms with van der Waals surface area (Å²) in [4.78, 5) is 8.29. The number of rotatable bonds is 3. The molecule has 2 aromatic rings. The van der Waals surface area contributed by atoms with Gasteiger partial charge in [0.15, 0.2) is 0 Å². The minimum Gasteiger partial charge on any atom is -0.367 e. The Kier molecular flexibility index (Phi) is 3.11. The standard InChI is InChI=1S/C14H13ClFN3/c1-8-17-13(15)7-14(18-8)19-12-6-11(12)9-3-2-4-10(16)5-9/h2-5,7,11-12H,6H2,1H3,(H,17,18,19)/t11-,12+/m0/s1. The lowest BCUT2D eigenvalue weighted by Crippen LogP contribution is -2.07. The Balaban J connectivity index is 1.70. The van der Waals surface area contributed by atoms with E-state index in [1.165, 1.54) is 6.07 Å². The van der Waals surface area contributed by atoms with Gasteiger partial charge in [-0.25, -0.2) is 14.4 Å². The highest BCUT2D eigenvalue weighted by Gasteiger charge is 2.38. The Morgan fingerprint density at radius 3 is 2.89 bits per heavy atom. The van der Waals surface area contributed by atoms with Crippen LogP contribution in [0.2, 0.25) is 5.15 Å². The van der Waals surface area contributed by atoms with E-state index < -0.39 is 0 Å². The number of hydrogen-bond acceptors (Lipinski definition) is 3. The average molecular weight is 278 g/mol. The van der Waals surface area contributed by atoms with Crippen molar-refractivity contribution in [2.75, 3.05) is 5.32 Å². The number of nitrogens with zero attached hydrogens (tertiary/aromatic N) is 2. The molecule has 19 heavy (non-hydrogen) atoms. The molecule has 98 valence electrons. The van der Waals surface area contributed by atoms with Crippen LogP contribution in [0.25, 0.3) is 0 Å². The zero-order valence-electron chi connectivity index (χ0n) is 10.4. The minimum atomic E-state index is -0.191. The molecule has 1 aliphatic carbocycles. The van der Waals surface area contributed by atoms with Crippen LogP contribution in [0.1, 0.15) is 23.7 Å². The molecule has 1 aliphatic rings. The van der Waals surface area contributed by atoms with Crippen molar-refractivity contribution in [3.63, 3.8) is 0 Å². The Hall–Kier alpha value is -1.68. The van der Waals surface area contributed by atoms with Gasteiger partial charge in [0.1, 0.15) is 22.6 Å². The average Bonchev–Trinajstić information content (AvgIpc) is 3.07. The summed E-state index contributed by atoms with van der Waals surface area (Å²) in [5.74, 6) is 1.51. The van der Waals surface area contributed by atoms with Gasteiger partial charge in [0, 0.05) is 18.0 Å². The van der Waals surface area contributed by atoms with Crippen molar-refractivity contribution in [1.82, 2.24) is 9.97 Å². The SMILES string of the molecule is Cc1nc(Cl)cc(N[C@@H]2C[C@H]2c2cccc(F)c2)n1. The summed E-state index contributed by atoms with van der Waals surface area (Å²) in [6.07, 6.45) is 0.976. The molecule has 1 aromatic carbocycles. The number of anilines is 1. The van der Waals surface area contributed by atoms with Crippen LogP contribution >= 0.6 is 11.6 Å². The molecule has 0 saturated heterocycles. The van der Waals surface area contributed by atoms with Crippen LogP contribution in [-0.2, 0) is 0 Å². The van der Waals surface area contributed by atoms with E-state index in [1.807, 2.05) is 6.07 Å². The van der Waals surface area contributed by atoms with Gasteiger partial charge >= 0.3 is 0 Å². The van der Waals surface area contributed by atoms with Gasteiger partial charge in [-0.3, -0.25) is 0 Å². The van der Waals surface area contributed by atoms with Crippen LogP contribution < -0.4 is 5.32 Å². The molecule has 0 bridgehead atoms. The second-order valence-corrected chi connectivity index (χ2v) is 5.16. The van der Waals surface area contributed by atoms with Crippen molar-refractivity contribution in [1.29, 1.82) is 0 Å². The number of hydrogen-bond donors (Lipinski definition) is 1. The van der Waals surface area contributed by atoms with Gasteiger partial charge in [0.2, 0.25) is 0 Å². The molecule has 0 radical (unpaired) electrons. The van der Waals surface area contributed by atoms with E-state index in [9.17, 15) is 4.39 Å². The molecular weight excluding hydrogens is 265 g/mol. The lowest BCUT2D eigenvalue weighted by Gasteiger charge is -2.06. The predicted octanol–water partition coefficient (Wildman–Crippen LogP) is 3.55. The van der Waals surface area contributed by atoms with Crippen LogP contribution in [-0.4, -0.2) is 16.0 Å². The normalized spacial score (nSPS) is 21.2. The quantitative estimate of drug-likeness (QED) is 0.872. The van der Waals surface area contributed by atoms with E-state index in [0.29, 0.717) is 16.9 Å². The zero-order chi connectivity index (χ0) is 13.4. The largest absolute Gasteiger partial charge is 0.367 e. The molecule has 5 heteroatoms. The fourth-order valence-corrected chi connectivity index (χ4v) is 2.48. The lowest BCUT2D eigenvalue weighted by atomic mass is 10.1. The Morgan fingerprint density at radius 2 is 2.16 bits per heavy atom. The van der Waals surface area contributed by atoms with E-state index in [2.05, 4.69) is 15.3 Å². The van der Waals surface area contributed by atoms with Crippen LogP contribution in [0, 0.1) is 12.7 Å². The van der Waals surface area contributed by atoms with Crippen LogP contribution in [0.4, 0.5) is 10.2 Å². The minimum absolute atomic E-state index is 0.191. The molecule has 3 rings (SSSR count). The number of nitrogens with one attached hydrogen (secondary N) is 1. The van der Waals surface area contributed by atoms with E-state index in [1.54, 1.807) is 25.1 Å². The molecule has 1 saturated carbocycles. The molecule has 0 spiro atoms. The summed E-state index contributed by atoms with van der Waals surface area (Å²) in [6.45, 7) is 1.80. The van der Waals surface area contributed by atoms with Gasteiger partial charge in [-0.1, -0.05) is 23.7 Å². The molecule has 1 heterocycles. The predicted molar refractivity (Wildman–Crippen MR) is 72.9 cm³/mol. The first kappa shape index (κ1) is 12.4. The van der Waals surface area contributed by atoms with Crippen molar-refractivity contribution in [2.45, 2.75) is 25.3 Å². The maximum atomic E-state index is 13.2. The van der Waals surface area contributed by atoms with Crippen LogP contribution in [0.3, 0.4) is 0 Å². The molecule has 3 nitrogen and oxygen atoms in total. The lowest BCUT2D eigenvalue weighted by molar-refractivity contribution is 0.625. The van der Waals surface area contributed by atoms with Crippen LogP contribution in [0.5, 0.6) is 0 Å². The first-order chi connectivity index (χ1) is 9.11. The molecule has 0 amide bonds. The Morgan fingerprint density at radius 1 is 1.32 bits per heavy atom. The first-order valence-corrected chi connectivity index (χ1v) is 6.53. The highest BCUT2D eigenvalue weighted by molar-refractivity contribution is 6.29. The Labute approximate surface area is 115 Å². The smallest absolute Gasteiger partial charge is 0.134 e. The topological polar surface area (TPSA) is 37.8 Å². The molecule has 2 atom stereocenters. The maximum Gasteiger partial charge on any atom is 0.134 e.